The topological polar surface area (TPSA) is 83.7 Å². The molecule has 1 aliphatic heterocycles. The molecule has 3 aromatic heterocycles. The second-order valence-corrected chi connectivity index (χ2v) is 7.53. The van der Waals surface area contributed by atoms with E-state index in [4.69, 9.17) is 5.73 Å². The van der Waals surface area contributed by atoms with Gasteiger partial charge in [0.25, 0.3) is 0 Å². The number of anilines is 1. The van der Waals surface area contributed by atoms with Gasteiger partial charge in [0.15, 0.2) is 0 Å². The number of hydrogen-bond donors (Lipinski definition) is 2. The molecule has 1 atom stereocenters. The molecule has 7 heteroatoms. The van der Waals surface area contributed by atoms with Crippen molar-refractivity contribution >= 4 is 17.2 Å². The molecular formula is C18H22N6S. The van der Waals surface area contributed by atoms with Gasteiger partial charge in [-0.3, -0.25) is 15.0 Å². The average Bonchev–Trinajstić information content (AvgIpc) is 3.28. The van der Waals surface area contributed by atoms with Gasteiger partial charge in [-0.25, -0.2) is 4.98 Å². The van der Waals surface area contributed by atoms with Gasteiger partial charge in [-0.15, -0.1) is 11.3 Å². The highest BCUT2D eigenvalue weighted by Gasteiger charge is 2.23. The lowest BCUT2D eigenvalue weighted by Crippen LogP contribution is -2.36. The molecule has 1 fully saturated rings. The zero-order valence-electron chi connectivity index (χ0n) is 14.1. The van der Waals surface area contributed by atoms with Crippen molar-refractivity contribution in [3.63, 3.8) is 0 Å². The number of nitrogens with two attached hydrogens (primary N) is 1. The maximum Gasteiger partial charge on any atom is 0.145 e. The minimum atomic E-state index is 0.564. The molecule has 1 saturated heterocycles. The predicted octanol–water partition coefficient (Wildman–Crippen LogP) is 2.97. The molecule has 0 unspecified atom stereocenters. The Bertz CT molecular complexity index is 813. The van der Waals surface area contributed by atoms with Crippen LogP contribution in [0.2, 0.25) is 0 Å². The van der Waals surface area contributed by atoms with E-state index in [9.17, 15) is 0 Å². The lowest BCUT2D eigenvalue weighted by atomic mass is 9.93. The van der Waals surface area contributed by atoms with E-state index in [1.54, 1.807) is 23.7 Å². The van der Waals surface area contributed by atoms with Crippen molar-refractivity contribution in [1.82, 2.24) is 25.1 Å². The number of rotatable bonds is 5. The van der Waals surface area contributed by atoms with Gasteiger partial charge in [-0.1, -0.05) is 6.07 Å². The zero-order chi connectivity index (χ0) is 17.1. The summed E-state index contributed by atoms with van der Waals surface area (Å²) in [6.45, 7) is 3.11. The van der Waals surface area contributed by atoms with E-state index in [-0.39, 0.29) is 0 Å². The molecule has 0 aliphatic carbocycles. The number of H-pyrrole nitrogens is 1. The summed E-state index contributed by atoms with van der Waals surface area (Å²) in [5.41, 5.74) is 9.30. The minimum Gasteiger partial charge on any atom is -0.382 e. The molecule has 0 aromatic carbocycles. The highest BCUT2D eigenvalue weighted by molar-refractivity contribution is 7.13. The summed E-state index contributed by atoms with van der Waals surface area (Å²) in [6, 6.07) is 4.21. The van der Waals surface area contributed by atoms with Crippen molar-refractivity contribution in [3.8, 4) is 10.6 Å². The fourth-order valence-electron chi connectivity index (χ4n) is 3.58. The molecule has 0 radical (unpaired) electrons. The molecule has 3 aromatic rings. The van der Waals surface area contributed by atoms with Crippen molar-refractivity contribution < 1.29 is 0 Å². The van der Waals surface area contributed by atoms with Crippen molar-refractivity contribution in [3.05, 3.63) is 47.4 Å². The van der Waals surface area contributed by atoms with E-state index >= 15 is 0 Å². The highest BCUT2D eigenvalue weighted by Crippen LogP contribution is 2.28. The Balaban J connectivity index is 1.42. The summed E-state index contributed by atoms with van der Waals surface area (Å²) in [5, 5.41) is 9.52. The first-order valence-electron chi connectivity index (χ1n) is 8.63. The van der Waals surface area contributed by atoms with Gasteiger partial charge in [0, 0.05) is 31.0 Å². The monoisotopic (exact) mass is 354 g/mol. The van der Waals surface area contributed by atoms with Gasteiger partial charge in [-0.2, -0.15) is 5.10 Å². The largest absolute Gasteiger partial charge is 0.382 e. The first-order chi connectivity index (χ1) is 12.3. The summed E-state index contributed by atoms with van der Waals surface area (Å²) in [4.78, 5) is 12.3. The first-order valence-corrected chi connectivity index (χ1v) is 9.51. The van der Waals surface area contributed by atoms with Gasteiger partial charge < -0.3 is 5.73 Å². The van der Waals surface area contributed by atoms with Gasteiger partial charge >= 0.3 is 0 Å². The van der Waals surface area contributed by atoms with Crippen LogP contribution >= 0.6 is 11.3 Å². The summed E-state index contributed by atoms with van der Waals surface area (Å²) >= 11 is 1.74. The van der Waals surface area contributed by atoms with Crippen LogP contribution in [0.25, 0.3) is 10.6 Å². The van der Waals surface area contributed by atoms with E-state index < -0.39 is 0 Å². The number of piperidine rings is 1. The predicted molar refractivity (Wildman–Crippen MR) is 100 cm³/mol. The molecule has 0 saturated carbocycles. The quantitative estimate of drug-likeness (QED) is 0.736. The molecule has 0 bridgehead atoms. The Kier molecular flexibility index (Phi) is 4.76. The van der Waals surface area contributed by atoms with E-state index in [0.717, 1.165) is 37.4 Å². The highest BCUT2D eigenvalue weighted by atomic mass is 32.1. The fraction of sp³-hybridized carbons (Fsp3) is 0.389. The van der Waals surface area contributed by atoms with Crippen LogP contribution in [0.3, 0.4) is 0 Å². The molecule has 0 amide bonds. The van der Waals surface area contributed by atoms with Gasteiger partial charge in [-0.05, 0) is 43.2 Å². The fourth-order valence-corrected chi connectivity index (χ4v) is 4.33. The third-order valence-electron chi connectivity index (χ3n) is 4.77. The standard InChI is InChI=1S/C18H22N6S/c19-18-15(20-5-6-21-18)9-13-3-1-7-24(11-13)12-14-10-22-23-17(14)16-4-2-8-25-16/h2,4-6,8,10,13H,1,3,7,9,11-12H2,(H2,19,21)(H,22,23)/t13-/m0/s1. The van der Waals surface area contributed by atoms with Gasteiger partial charge in [0.1, 0.15) is 5.82 Å². The van der Waals surface area contributed by atoms with Crippen LogP contribution in [0.1, 0.15) is 24.1 Å². The number of nitrogens with one attached hydrogen (secondary N) is 1. The molecule has 130 valence electrons. The number of thiophene rings is 1. The molecule has 6 nitrogen and oxygen atoms in total. The van der Waals surface area contributed by atoms with Crippen molar-refractivity contribution in [2.45, 2.75) is 25.8 Å². The van der Waals surface area contributed by atoms with Gasteiger partial charge in [0.2, 0.25) is 0 Å². The van der Waals surface area contributed by atoms with Crippen molar-refractivity contribution in [1.29, 1.82) is 0 Å². The SMILES string of the molecule is Nc1nccnc1C[C@@H]1CCCN(Cc2cn[nH]c2-c2cccs2)C1. The Hall–Kier alpha value is -2.25. The van der Waals surface area contributed by atoms with Crippen LogP contribution in [0.5, 0.6) is 0 Å². The Labute approximate surface area is 151 Å². The molecule has 4 heterocycles. The molecule has 0 spiro atoms. The van der Waals surface area contributed by atoms with E-state index in [1.165, 1.54) is 23.3 Å². The maximum atomic E-state index is 5.96. The van der Waals surface area contributed by atoms with Crippen LogP contribution < -0.4 is 5.73 Å². The summed E-state index contributed by atoms with van der Waals surface area (Å²) < 4.78 is 0. The summed E-state index contributed by atoms with van der Waals surface area (Å²) in [6.07, 6.45) is 8.66. The second kappa shape index (κ2) is 7.33. The van der Waals surface area contributed by atoms with E-state index in [0.29, 0.717) is 11.7 Å². The van der Waals surface area contributed by atoms with Crippen LogP contribution in [-0.2, 0) is 13.0 Å². The van der Waals surface area contributed by atoms with Crippen molar-refractivity contribution in [2.24, 2.45) is 5.92 Å². The molecule has 4 rings (SSSR count). The van der Waals surface area contributed by atoms with Crippen LogP contribution in [0, 0.1) is 5.92 Å². The summed E-state index contributed by atoms with van der Waals surface area (Å²) in [5.74, 6) is 1.14. The normalized spacial score (nSPS) is 18.5. The van der Waals surface area contributed by atoms with Crippen LogP contribution in [-0.4, -0.2) is 38.2 Å². The minimum absolute atomic E-state index is 0.564. The lowest BCUT2D eigenvalue weighted by Gasteiger charge is -2.32. The average molecular weight is 354 g/mol. The molecular weight excluding hydrogens is 332 g/mol. The third-order valence-corrected chi connectivity index (χ3v) is 5.66. The number of aromatic amines is 1. The van der Waals surface area contributed by atoms with Crippen molar-refractivity contribution in [2.75, 3.05) is 18.8 Å². The second-order valence-electron chi connectivity index (χ2n) is 6.58. The number of likely N-dealkylation sites (tertiary alicyclic amines) is 1. The zero-order valence-corrected chi connectivity index (χ0v) is 14.9. The van der Waals surface area contributed by atoms with E-state index in [1.807, 2.05) is 6.20 Å². The first kappa shape index (κ1) is 16.2. The number of hydrogen-bond acceptors (Lipinski definition) is 6. The number of nitrogens with zero attached hydrogens (tertiary/aromatic N) is 4. The lowest BCUT2D eigenvalue weighted by molar-refractivity contribution is 0.166. The Morgan fingerprint density at radius 3 is 3.08 bits per heavy atom. The van der Waals surface area contributed by atoms with Gasteiger partial charge in [0.05, 0.1) is 22.5 Å². The molecule has 1 aliphatic rings. The number of aromatic nitrogens is 4. The van der Waals surface area contributed by atoms with Crippen LogP contribution in [0.4, 0.5) is 5.82 Å². The third kappa shape index (κ3) is 3.72. The number of nitrogen functional groups attached to an aromatic ring is 1. The summed E-state index contributed by atoms with van der Waals surface area (Å²) in [7, 11) is 0. The maximum absolute atomic E-state index is 5.96. The molecule has 25 heavy (non-hydrogen) atoms. The van der Waals surface area contributed by atoms with E-state index in [2.05, 4.69) is 42.6 Å². The molecule has 3 N–H and O–H groups in total. The Morgan fingerprint density at radius 2 is 2.24 bits per heavy atom. The van der Waals surface area contributed by atoms with Crippen LogP contribution in [0.15, 0.2) is 36.1 Å². The smallest absolute Gasteiger partial charge is 0.145 e. The Morgan fingerprint density at radius 1 is 1.32 bits per heavy atom.